The van der Waals surface area contributed by atoms with E-state index in [0.717, 1.165) is 28.0 Å². The average Bonchev–Trinajstić information content (AvgIpc) is 3.27. The number of aromatic nitrogens is 7. The van der Waals surface area contributed by atoms with Crippen LogP contribution in [0.15, 0.2) is 60.9 Å². The van der Waals surface area contributed by atoms with E-state index in [1.54, 1.807) is 16.9 Å². The van der Waals surface area contributed by atoms with E-state index in [1.165, 1.54) is 0 Å². The van der Waals surface area contributed by atoms with E-state index >= 15 is 0 Å². The molecule has 0 amide bonds. The second-order valence-corrected chi connectivity index (χ2v) is 5.51. The van der Waals surface area contributed by atoms with Crippen molar-refractivity contribution in [2.24, 2.45) is 0 Å². The van der Waals surface area contributed by atoms with Crippen LogP contribution in [-0.2, 0) is 0 Å². The van der Waals surface area contributed by atoms with E-state index in [1.807, 2.05) is 48.5 Å². The van der Waals surface area contributed by atoms with Crippen molar-refractivity contribution in [2.45, 2.75) is 0 Å². The number of fused-ring (bicyclic) bond motifs is 2. The van der Waals surface area contributed by atoms with E-state index < -0.39 is 0 Å². The van der Waals surface area contributed by atoms with Gasteiger partial charge in [0.1, 0.15) is 11.2 Å². The molecule has 0 atom stereocenters. The van der Waals surface area contributed by atoms with Crippen molar-refractivity contribution in [3.8, 4) is 11.3 Å². The summed E-state index contributed by atoms with van der Waals surface area (Å²) in [6.07, 6.45) is 3.50. The molecule has 2 aromatic carbocycles. The molecule has 0 aliphatic heterocycles. The predicted octanol–water partition coefficient (Wildman–Crippen LogP) is 2.81. The first kappa shape index (κ1) is 13.6. The van der Waals surface area contributed by atoms with Crippen LogP contribution in [0.3, 0.4) is 0 Å². The van der Waals surface area contributed by atoms with Gasteiger partial charge in [-0.15, -0.1) is 10.2 Å². The molecule has 8 nitrogen and oxygen atoms in total. The van der Waals surface area contributed by atoms with Crippen LogP contribution in [0.2, 0.25) is 0 Å². The third kappa shape index (κ3) is 2.36. The molecule has 0 aliphatic rings. The maximum absolute atomic E-state index is 4.59. The number of aromatic amines is 1. The van der Waals surface area contributed by atoms with Crippen LogP contribution in [0.4, 0.5) is 11.6 Å². The molecule has 0 fully saturated rings. The monoisotopic (exact) mass is 328 g/mol. The van der Waals surface area contributed by atoms with Gasteiger partial charge in [-0.25, -0.2) is 4.52 Å². The summed E-state index contributed by atoms with van der Waals surface area (Å²) in [5.74, 6) is 0.494. The van der Waals surface area contributed by atoms with Gasteiger partial charge in [0.25, 0.3) is 0 Å². The molecule has 3 aromatic heterocycles. The molecule has 0 aliphatic carbocycles. The highest BCUT2D eigenvalue weighted by Gasteiger charge is 2.11. The highest BCUT2D eigenvalue weighted by Crippen LogP contribution is 2.23. The molecule has 2 N–H and O–H groups in total. The summed E-state index contributed by atoms with van der Waals surface area (Å²) in [5.41, 5.74) is 4.97. The Morgan fingerprint density at radius 1 is 1.04 bits per heavy atom. The third-order valence-corrected chi connectivity index (χ3v) is 3.88. The molecule has 0 saturated carbocycles. The number of hydrogen-bond acceptors (Lipinski definition) is 6. The molecule has 5 rings (SSSR count). The van der Waals surface area contributed by atoms with Crippen molar-refractivity contribution in [2.75, 3.05) is 5.32 Å². The van der Waals surface area contributed by atoms with Gasteiger partial charge in [0.15, 0.2) is 5.65 Å². The van der Waals surface area contributed by atoms with Crippen molar-refractivity contribution >= 4 is 28.3 Å². The number of rotatable bonds is 3. The average molecular weight is 328 g/mol. The molecule has 0 spiro atoms. The van der Waals surface area contributed by atoms with E-state index in [4.69, 9.17) is 0 Å². The summed E-state index contributed by atoms with van der Waals surface area (Å²) in [5, 5.41) is 18.3. The first-order valence-corrected chi connectivity index (χ1v) is 7.71. The van der Waals surface area contributed by atoms with Crippen LogP contribution in [0, 0.1) is 0 Å². The fraction of sp³-hybridized carbons (Fsp3) is 0. The van der Waals surface area contributed by atoms with Gasteiger partial charge < -0.3 is 5.32 Å². The van der Waals surface area contributed by atoms with Crippen LogP contribution >= 0.6 is 0 Å². The topological polar surface area (TPSA) is 96.7 Å². The highest BCUT2D eigenvalue weighted by molar-refractivity contribution is 5.79. The Hall–Kier alpha value is -3.81. The molecule has 5 aromatic rings. The van der Waals surface area contributed by atoms with Gasteiger partial charge >= 0.3 is 0 Å². The van der Waals surface area contributed by atoms with Crippen LogP contribution in [0.5, 0.6) is 0 Å². The first-order valence-electron chi connectivity index (χ1n) is 7.71. The van der Waals surface area contributed by atoms with Crippen molar-refractivity contribution in [3.63, 3.8) is 0 Å². The lowest BCUT2D eigenvalue weighted by molar-refractivity contribution is 0.951. The Kier molecular flexibility index (Phi) is 2.93. The fourth-order valence-corrected chi connectivity index (χ4v) is 2.72. The molecular formula is C17H12N8. The Morgan fingerprint density at radius 3 is 2.88 bits per heavy atom. The van der Waals surface area contributed by atoms with Gasteiger partial charge in [0.05, 0.1) is 5.52 Å². The molecule has 25 heavy (non-hydrogen) atoms. The second-order valence-electron chi connectivity index (χ2n) is 5.51. The zero-order chi connectivity index (χ0) is 16.6. The van der Waals surface area contributed by atoms with Crippen LogP contribution < -0.4 is 5.32 Å². The Morgan fingerprint density at radius 2 is 1.96 bits per heavy atom. The summed E-state index contributed by atoms with van der Waals surface area (Å²) in [6.45, 7) is 0. The lowest BCUT2D eigenvalue weighted by Gasteiger charge is -2.00. The normalized spacial score (nSPS) is 11.2. The largest absolute Gasteiger partial charge is 0.323 e. The number of anilines is 2. The third-order valence-electron chi connectivity index (χ3n) is 3.88. The van der Waals surface area contributed by atoms with Crippen molar-refractivity contribution in [1.29, 1.82) is 0 Å². The van der Waals surface area contributed by atoms with E-state index in [9.17, 15) is 0 Å². The van der Waals surface area contributed by atoms with Gasteiger partial charge in [0.2, 0.25) is 5.95 Å². The summed E-state index contributed by atoms with van der Waals surface area (Å²) in [7, 11) is 0. The molecule has 8 heteroatoms. The molecule has 0 saturated heterocycles. The maximum Gasteiger partial charge on any atom is 0.247 e. The van der Waals surface area contributed by atoms with Gasteiger partial charge in [-0.2, -0.15) is 4.98 Å². The van der Waals surface area contributed by atoms with Crippen LogP contribution in [0.1, 0.15) is 0 Å². The number of nitrogens with zero attached hydrogens (tertiary/aromatic N) is 6. The minimum atomic E-state index is 0.494. The Bertz CT molecular complexity index is 1180. The van der Waals surface area contributed by atoms with Crippen LogP contribution in [-0.4, -0.2) is 35.0 Å². The lowest BCUT2D eigenvalue weighted by Crippen LogP contribution is -1.93. The summed E-state index contributed by atoms with van der Waals surface area (Å²) < 4.78 is 1.71. The van der Waals surface area contributed by atoms with E-state index in [-0.39, 0.29) is 0 Å². The SMILES string of the molecule is c1ccc(-c2nccn3nc(Nc4ccc5[nH]nnc5c4)nc23)cc1. The summed E-state index contributed by atoms with van der Waals surface area (Å²) >= 11 is 0. The highest BCUT2D eigenvalue weighted by atomic mass is 15.4. The summed E-state index contributed by atoms with van der Waals surface area (Å²) in [6, 6.07) is 15.6. The standard InChI is InChI=1S/C17H12N8/c1-2-4-11(5-3-1)15-16-20-17(23-25(16)9-8-18-15)19-12-6-7-13-14(10-12)22-24-21-13/h1-10H,(H,19,23)(H,21,22,24). The molecule has 0 radical (unpaired) electrons. The number of hydrogen-bond donors (Lipinski definition) is 2. The minimum Gasteiger partial charge on any atom is -0.323 e. The Balaban J connectivity index is 1.56. The van der Waals surface area contributed by atoms with E-state index in [2.05, 4.69) is 35.8 Å². The molecule has 0 unspecified atom stereocenters. The van der Waals surface area contributed by atoms with E-state index in [0.29, 0.717) is 11.6 Å². The van der Waals surface area contributed by atoms with Crippen LogP contribution in [0.25, 0.3) is 27.9 Å². The number of nitrogens with one attached hydrogen (secondary N) is 2. The predicted molar refractivity (Wildman–Crippen MR) is 93.4 cm³/mol. The summed E-state index contributed by atoms with van der Waals surface area (Å²) in [4.78, 5) is 9.04. The smallest absolute Gasteiger partial charge is 0.247 e. The van der Waals surface area contributed by atoms with Crippen molar-refractivity contribution < 1.29 is 0 Å². The number of H-pyrrole nitrogens is 1. The lowest BCUT2D eigenvalue weighted by atomic mass is 10.1. The molecule has 0 bridgehead atoms. The van der Waals surface area contributed by atoms with Crippen molar-refractivity contribution in [3.05, 3.63) is 60.9 Å². The Labute approximate surface area is 141 Å². The zero-order valence-corrected chi connectivity index (χ0v) is 13.0. The second kappa shape index (κ2) is 5.38. The van der Waals surface area contributed by atoms with Gasteiger partial charge in [-0.1, -0.05) is 35.5 Å². The van der Waals surface area contributed by atoms with Gasteiger partial charge in [-0.05, 0) is 18.2 Å². The minimum absolute atomic E-state index is 0.494. The quantitative estimate of drug-likeness (QED) is 0.528. The van der Waals surface area contributed by atoms with Crippen molar-refractivity contribution in [1.82, 2.24) is 35.0 Å². The molecule has 120 valence electrons. The fourth-order valence-electron chi connectivity index (χ4n) is 2.72. The zero-order valence-electron chi connectivity index (χ0n) is 13.0. The van der Waals surface area contributed by atoms with Gasteiger partial charge in [-0.3, -0.25) is 10.1 Å². The molecular weight excluding hydrogens is 316 g/mol. The van der Waals surface area contributed by atoms with Gasteiger partial charge in [0, 0.05) is 23.6 Å². The number of benzene rings is 2. The maximum atomic E-state index is 4.59. The molecule has 3 heterocycles. The first-order chi connectivity index (χ1) is 12.4.